The zero-order valence-electron chi connectivity index (χ0n) is 14.2. The maximum atomic E-state index is 11.2. The molecule has 1 aromatic rings. The predicted molar refractivity (Wildman–Crippen MR) is 89.5 cm³/mol. The molecule has 1 N–H and O–H groups in total. The topological polar surface area (TPSA) is 73.6 Å². The fourth-order valence-electron chi connectivity index (χ4n) is 2.31. The first-order chi connectivity index (χ1) is 10.9. The molecular weight excluding hydrogens is 292 g/mol. The monoisotopic (exact) mass is 318 g/mol. The summed E-state index contributed by atoms with van der Waals surface area (Å²) >= 11 is 0. The zero-order chi connectivity index (χ0) is 17.2. The van der Waals surface area contributed by atoms with E-state index in [0.717, 1.165) is 6.54 Å². The van der Waals surface area contributed by atoms with Crippen molar-refractivity contribution in [1.82, 2.24) is 4.90 Å². The Hall–Kier alpha value is -1.90. The summed E-state index contributed by atoms with van der Waals surface area (Å²) in [6.45, 7) is 7.89. The van der Waals surface area contributed by atoms with Crippen molar-refractivity contribution in [3.63, 3.8) is 0 Å². The van der Waals surface area contributed by atoms with Gasteiger partial charge >= 0.3 is 0 Å². The molecule has 5 nitrogen and oxygen atoms in total. The van der Waals surface area contributed by atoms with Gasteiger partial charge in [0, 0.05) is 31.6 Å². The molecule has 0 radical (unpaired) electrons. The molecule has 0 aromatic heterocycles. The zero-order valence-corrected chi connectivity index (χ0v) is 14.2. The van der Waals surface area contributed by atoms with Crippen LogP contribution in [-0.2, 0) is 0 Å². The Morgan fingerprint density at radius 1 is 1.30 bits per heavy atom. The molecule has 126 valence electrons. The van der Waals surface area contributed by atoms with Crippen LogP contribution >= 0.6 is 0 Å². The molecule has 0 spiro atoms. The number of benzene rings is 1. The molecule has 0 amide bonds. The highest BCUT2D eigenvalue weighted by Crippen LogP contribution is 2.13. The van der Waals surface area contributed by atoms with Crippen molar-refractivity contribution in [2.45, 2.75) is 33.3 Å². The van der Waals surface area contributed by atoms with Crippen molar-refractivity contribution in [3.05, 3.63) is 29.8 Å². The van der Waals surface area contributed by atoms with Gasteiger partial charge in [0.25, 0.3) is 0 Å². The minimum Gasteiger partial charge on any atom is -0.491 e. The molecule has 0 aliphatic carbocycles. The van der Waals surface area contributed by atoms with Crippen LogP contribution in [0.25, 0.3) is 0 Å². The average Bonchev–Trinajstić information content (AvgIpc) is 2.50. The normalized spacial score (nSPS) is 12.2. The molecule has 0 heterocycles. The lowest BCUT2D eigenvalue weighted by atomic mass is 10.1. The molecule has 0 fully saturated rings. The predicted octanol–water partition coefficient (Wildman–Crippen LogP) is 2.50. The number of rotatable bonds is 10. The quantitative estimate of drug-likeness (QED) is 0.671. The van der Waals surface area contributed by atoms with Gasteiger partial charge in [0.05, 0.1) is 6.07 Å². The second-order valence-corrected chi connectivity index (χ2v) is 6.11. The second-order valence-electron chi connectivity index (χ2n) is 6.11. The smallest absolute Gasteiger partial charge is 0.159 e. The molecule has 0 saturated carbocycles. The van der Waals surface area contributed by atoms with Gasteiger partial charge in [-0.25, -0.2) is 0 Å². The average molecular weight is 318 g/mol. The van der Waals surface area contributed by atoms with Crippen LogP contribution in [0.2, 0.25) is 0 Å². The van der Waals surface area contributed by atoms with E-state index in [4.69, 9.17) is 10.00 Å². The van der Waals surface area contributed by atoms with Crippen LogP contribution in [-0.4, -0.2) is 48.1 Å². The van der Waals surface area contributed by atoms with E-state index in [1.807, 2.05) is 0 Å². The third kappa shape index (κ3) is 7.78. The number of carbonyl (C=O) groups excluding carboxylic acids is 1. The summed E-state index contributed by atoms with van der Waals surface area (Å²) in [5.74, 6) is 1.11. The lowest BCUT2D eigenvalue weighted by Crippen LogP contribution is -2.38. The summed E-state index contributed by atoms with van der Waals surface area (Å²) in [5, 5.41) is 18.8. The lowest BCUT2D eigenvalue weighted by molar-refractivity contribution is 0.0650. The second kappa shape index (κ2) is 9.98. The number of nitrogens with zero attached hydrogens (tertiary/aromatic N) is 2. The molecule has 1 aromatic carbocycles. The van der Waals surface area contributed by atoms with E-state index in [2.05, 4.69) is 24.8 Å². The molecule has 23 heavy (non-hydrogen) atoms. The first-order valence-electron chi connectivity index (χ1n) is 7.93. The van der Waals surface area contributed by atoms with Gasteiger partial charge in [-0.15, -0.1) is 0 Å². The van der Waals surface area contributed by atoms with Gasteiger partial charge in [0.15, 0.2) is 5.78 Å². The Morgan fingerprint density at radius 3 is 2.48 bits per heavy atom. The van der Waals surface area contributed by atoms with Crippen LogP contribution in [0, 0.1) is 17.2 Å². The Morgan fingerprint density at radius 2 is 1.96 bits per heavy atom. The van der Waals surface area contributed by atoms with Crippen molar-refractivity contribution >= 4 is 5.78 Å². The molecule has 1 rings (SSSR count). The molecule has 0 saturated heterocycles. The lowest BCUT2D eigenvalue weighted by Gasteiger charge is -2.25. The summed E-state index contributed by atoms with van der Waals surface area (Å²) in [6.07, 6.45) is -0.174. The SMILES string of the molecule is CC(=O)c1ccc(OC[C@@H](O)CN(CCC#N)CC(C)C)cc1. The molecule has 5 heteroatoms. The maximum Gasteiger partial charge on any atom is 0.159 e. The Balaban J connectivity index is 2.45. The van der Waals surface area contributed by atoms with E-state index in [1.54, 1.807) is 24.3 Å². The summed E-state index contributed by atoms with van der Waals surface area (Å²) in [6, 6.07) is 9.01. The number of hydrogen-bond acceptors (Lipinski definition) is 5. The standard InChI is InChI=1S/C18H26N2O3/c1-14(2)11-20(10-4-9-19)12-17(22)13-23-18-7-5-16(6-8-18)15(3)21/h5-8,14,17,22H,4,10-13H2,1-3H3/t17-/m0/s1. The summed E-state index contributed by atoms with van der Waals surface area (Å²) in [5.41, 5.74) is 0.637. The van der Waals surface area contributed by atoms with E-state index in [0.29, 0.717) is 36.7 Å². The number of hydrogen-bond donors (Lipinski definition) is 1. The minimum absolute atomic E-state index is 0.0124. The third-order valence-corrected chi connectivity index (χ3v) is 3.34. The molecule has 0 aliphatic heterocycles. The number of carbonyl (C=O) groups is 1. The largest absolute Gasteiger partial charge is 0.491 e. The van der Waals surface area contributed by atoms with Gasteiger partial charge in [0.1, 0.15) is 18.5 Å². The van der Waals surface area contributed by atoms with E-state index >= 15 is 0 Å². The Labute approximate surface area is 138 Å². The van der Waals surface area contributed by atoms with Crippen molar-refractivity contribution in [2.24, 2.45) is 5.92 Å². The van der Waals surface area contributed by atoms with Gasteiger partial charge in [-0.2, -0.15) is 5.26 Å². The highest BCUT2D eigenvalue weighted by Gasteiger charge is 2.13. The van der Waals surface area contributed by atoms with Crippen molar-refractivity contribution < 1.29 is 14.6 Å². The molecule has 1 atom stereocenters. The van der Waals surface area contributed by atoms with E-state index in [9.17, 15) is 9.90 Å². The number of Topliss-reactive ketones (excluding diaryl/α,β-unsaturated/α-hetero) is 1. The van der Waals surface area contributed by atoms with Crippen molar-refractivity contribution in [3.8, 4) is 11.8 Å². The Bertz CT molecular complexity index is 520. The van der Waals surface area contributed by atoms with E-state index < -0.39 is 6.10 Å². The fraction of sp³-hybridized carbons (Fsp3) is 0.556. The third-order valence-electron chi connectivity index (χ3n) is 3.34. The van der Waals surface area contributed by atoms with Crippen molar-refractivity contribution in [2.75, 3.05) is 26.2 Å². The van der Waals surface area contributed by atoms with E-state index in [1.165, 1.54) is 6.92 Å². The first-order valence-corrected chi connectivity index (χ1v) is 7.93. The summed E-state index contributed by atoms with van der Waals surface area (Å²) < 4.78 is 5.56. The fourth-order valence-corrected chi connectivity index (χ4v) is 2.31. The van der Waals surface area contributed by atoms with Crippen LogP contribution < -0.4 is 4.74 Å². The Kier molecular flexibility index (Phi) is 8.31. The van der Waals surface area contributed by atoms with Gasteiger partial charge in [-0.3, -0.25) is 9.69 Å². The van der Waals surface area contributed by atoms with Gasteiger partial charge < -0.3 is 9.84 Å². The maximum absolute atomic E-state index is 11.2. The van der Waals surface area contributed by atoms with Crippen LogP contribution in [0.1, 0.15) is 37.6 Å². The van der Waals surface area contributed by atoms with Crippen LogP contribution in [0.5, 0.6) is 5.75 Å². The number of ether oxygens (including phenoxy) is 1. The van der Waals surface area contributed by atoms with E-state index in [-0.39, 0.29) is 12.4 Å². The highest BCUT2D eigenvalue weighted by molar-refractivity contribution is 5.94. The van der Waals surface area contributed by atoms with Crippen LogP contribution in [0.4, 0.5) is 0 Å². The molecular formula is C18H26N2O3. The van der Waals surface area contributed by atoms with Gasteiger partial charge in [0.2, 0.25) is 0 Å². The number of nitriles is 1. The number of ketones is 1. The summed E-state index contributed by atoms with van der Waals surface area (Å²) in [7, 11) is 0. The van der Waals surface area contributed by atoms with Gasteiger partial charge in [-0.1, -0.05) is 13.8 Å². The first kappa shape index (κ1) is 19.1. The highest BCUT2D eigenvalue weighted by atomic mass is 16.5. The molecule has 0 aliphatic rings. The van der Waals surface area contributed by atoms with Crippen LogP contribution in [0.15, 0.2) is 24.3 Å². The van der Waals surface area contributed by atoms with Crippen molar-refractivity contribution in [1.29, 1.82) is 5.26 Å². The molecule has 0 bridgehead atoms. The molecule has 0 unspecified atom stereocenters. The minimum atomic E-state index is -0.625. The number of aliphatic hydroxyl groups excluding tert-OH is 1. The van der Waals surface area contributed by atoms with Crippen LogP contribution in [0.3, 0.4) is 0 Å². The summed E-state index contributed by atoms with van der Waals surface area (Å²) in [4.78, 5) is 13.3. The number of aliphatic hydroxyl groups is 1. The van der Waals surface area contributed by atoms with Gasteiger partial charge in [-0.05, 0) is 37.1 Å².